The van der Waals surface area contributed by atoms with Gasteiger partial charge < -0.3 is 24.5 Å². The number of hydrogen-bond acceptors (Lipinski definition) is 5. The van der Waals surface area contributed by atoms with E-state index in [0.29, 0.717) is 23.1 Å². The number of nitrogens with two attached hydrogens (primary N) is 1. The lowest BCUT2D eigenvalue weighted by Crippen LogP contribution is -2.41. The normalized spacial score (nSPS) is 25.0. The summed E-state index contributed by atoms with van der Waals surface area (Å²) in [6.07, 6.45) is 14.1. The number of piperidine rings is 1. The molecule has 4 heterocycles. The van der Waals surface area contributed by atoms with Gasteiger partial charge in [0.25, 0.3) is 11.8 Å². The minimum absolute atomic E-state index is 0.00320. The van der Waals surface area contributed by atoms with E-state index in [1.54, 1.807) is 13.3 Å². The van der Waals surface area contributed by atoms with Crippen molar-refractivity contribution in [2.45, 2.75) is 44.3 Å². The van der Waals surface area contributed by atoms with Gasteiger partial charge in [-0.1, -0.05) is 24.3 Å². The topological polar surface area (TPSA) is 108 Å². The van der Waals surface area contributed by atoms with Crippen molar-refractivity contribution in [3.63, 3.8) is 0 Å². The van der Waals surface area contributed by atoms with Crippen LogP contribution in [0.2, 0.25) is 0 Å². The van der Waals surface area contributed by atoms with Crippen molar-refractivity contribution in [3.05, 3.63) is 77.4 Å². The van der Waals surface area contributed by atoms with Crippen LogP contribution in [0.25, 0.3) is 39.0 Å². The highest BCUT2D eigenvalue weighted by Crippen LogP contribution is 2.41. The molecule has 9 nitrogen and oxygen atoms in total. The molecule has 3 aliphatic carbocycles. The molecule has 232 valence electrons. The molecular formula is C37H36N6O3. The molecule has 2 aliphatic heterocycles. The number of aliphatic imine (C=N–C) groups is 1. The number of carbonyl (C=O) groups is 2. The van der Waals surface area contributed by atoms with E-state index in [9.17, 15) is 9.59 Å². The first-order valence-electron chi connectivity index (χ1n) is 16.3. The third-order valence-corrected chi connectivity index (χ3v) is 10.8. The molecule has 2 saturated carbocycles. The van der Waals surface area contributed by atoms with Crippen molar-refractivity contribution in [3.8, 4) is 17.3 Å². The maximum atomic E-state index is 13.8. The van der Waals surface area contributed by atoms with E-state index in [1.165, 1.54) is 12.8 Å². The Kier molecular flexibility index (Phi) is 6.06. The largest absolute Gasteiger partial charge is 0.494 e. The molecule has 2 N–H and O–H groups in total. The Labute approximate surface area is 266 Å². The number of ether oxygens (including phenoxy) is 1. The Morgan fingerprint density at radius 2 is 1.98 bits per heavy atom. The number of fused-ring (bicyclic) bond motifs is 5. The molecule has 3 unspecified atom stereocenters. The average molecular weight is 613 g/mol. The minimum atomic E-state index is -0.295. The Morgan fingerprint density at radius 1 is 1.11 bits per heavy atom. The van der Waals surface area contributed by atoms with Crippen molar-refractivity contribution in [1.29, 1.82) is 0 Å². The molecule has 5 aliphatic rings. The van der Waals surface area contributed by atoms with Crippen LogP contribution in [-0.2, 0) is 18.4 Å². The molecular weight excluding hydrogens is 576 g/mol. The molecule has 9 rings (SSSR count). The number of nitrogens with zero attached hydrogens (tertiary/aromatic N) is 5. The number of likely N-dealkylation sites (tertiary alicyclic amines) is 1. The van der Waals surface area contributed by atoms with Crippen LogP contribution in [0.15, 0.2) is 71.3 Å². The monoisotopic (exact) mass is 612 g/mol. The van der Waals surface area contributed by atoms with Crippen molar-refractivity contribution < 1.29 is 14.3 Å². The van der Waals surface area contributed by atoms with E-state index in [-0.39, 0.29) is 29.8 Å². The first-order chi connectivity index (χ1) is 22.4. The summed E-state index contributed by atoms with van der Waals surface area (Å²) in [6, 6.07) is 12.8. The number of carbonyl (C=O) groups excluding carboxylic acids is 2. The van der Waals surface area contributed by atoms with Crippen LogP contribution in [-0.4, -0.2) is 62.8 Å². The number of hydrogen-bond donors (Lipinski definition) is 1. The number of amides is 2. The quantitative estimate of drug-likeness (QED) is 0.319. The summed E-state index contributed by atoms with van der Waals surface area (Å²) in [5, 5.41) is 1.15. The Bertz CT molecular complexity index is 2110. The van der Waals surface area contributed by atoms with Gasteiger partial charge in [-0.25, -0.2) is 9.98 Å². The molecule has 1 saturated heterocycles. The average Bonchev–Trinajstić information content (AvgIpc) is 3.47. The number of methoxy groups -OCH3 is 1. The maximum Gasteiger partial charge on any atom is 0.257 e. The first kappa shape index (κ1) is 27.5. The number of aromatic nitrogens is 3. The van der Waals surface area contributed by atoms with Gasteiger partial charge in [-0.05, 0) is 90.6 Å². The van der Waals surface area contributed by atoms with Crippen LogP contribution in [0.1, 0.15) is 41.6 Å². The van der Waals surface area contributed by atoms with Crippen LogP contribution in [0.3, 0.4) is 0 Å². The summed E-state index contributed by atoms with van der Waals surface area (Å²) in [5.41, 5.74) is 14.0. The lowest BCUT2D eigenvalue weighted by atomic mass is 9.87. The lowest BCUT2D eigenvalue weighted by Gasteiger charge is -2.27. The number of imidazole rings is 1. The van der Waals surface area contributed by atoms with Gasteiger partial charge in [0.05, 0.1) is 24.2 Å². The van der Waals surface area contributed by atoms with E-state index in [1.807, 2.05) is 42.3 Å². The summed E-state index contributed by atoms with van der Waals surface area (Å²) >= 11 is 0. The molecule has 0 spiro atoms. The summed E-state index contributed by atoms with van der Waals surface area (Å²) in [6.45, 7) is 1.64. The van der Waals surface area contributed by atoms with Gasteiger partial charge in [-0.2, -0.15) is 0 Å². The second-order valence-electron chi connectivity index (χ2n) is 13.6. The highest BCUT2D eigenvalue weighted by atomic mass is 16.5. The van der Waals surface area contributed by atoms with E-state index < -0.39 is 0 Å². The fourth-order valence-electron chi connectivity index (χ4n) is 8.10. The molecule has 2 bridgehead atoms. The van der Waals surface area contributed by atoms with Crippen molar-refractivity contribution in [2.24, 2.45) is 35.5 Å². The number of rotatable bonds is 6. The molecule has 0 radical (unpaired) electrons. The van der Waals surface area contributed by atoms with E-state index in [4.69, 9.17) is 15.5 Å². The van der Waals surface area contributed by atoms with E-state index >= 15 is 0 Å². The maximum absolute atomic E-state index is 13.8. The molecule has 4 atom stereocenters. The first-order valence-corrected chi connectivity index (χ1v) is 16.3. The second kappa shape index (κ2) is 10.1. The molecule has 2 aromatic carbocycles. The summed E-state index contributed by atoms with van der Waals surface area (Å²) in [4.78, 5) is 37.1. The van der Waals surface area contributed by atoms with Gasteiger partial charge in [-0.3, -0.25) is 9.59 Å². The standard InChI is InChI=1S/C37H36N6O3/c1-41-34-28(14-26(17-32(34)46-2)37(45)43-19-25-8-10-29(43)33(25)38)40-35(41)31-16-24-6-5-22(15-30(24)42(31)18-20-3-4-20)21-7-9-27-23(13-21)11-12-39-36(27)44/h5-7,9,11-17,20,25,27,29,33H,3-4,8,10,18-19,38H2,1-2H3/t25?,27?,29?,33-/m1/s1. The number of benzene rings is 2. The predicted octanol–water partition coefficient (Wildman–Crippen LogP) is 5.28. The SMILES string of the molecule is COc1cc(C(=O)N2CC3CCC2[C@@H]3N)cc2nc(-c3cc4ccc(C5=CC6=CC=NC(=O)C6C=C5)cc4n3CC3CC3)n(C)c12. The molecule has 2 amide bonds. The van der Waals surface area contributed by atoms with Gasteiger partial charge in [0.1, 0.15) is 11.3 Å². The fraction of sp³-hybridized carbons (Fsp3) is 0.351. The van der Waals surface area contributed by atoms with Crippen LogP contribution in [0.4, 0.5) is 0 Å². The van der Waals surface area contributed by atoms with Gasteiger partial charge >= 0.3 is 0 Å². The van der Waals surface area contributed by atoms with Crippen molar-refractivity contribution >= 4 is 45.5 Å². The number of aryl methyl sites for hydroxylation is 1. The molecule has 2 aromatic heterocycles. The third-order valence-electron chi connectivity index (χ3n) is 10.8. The van der Waals surface area contributed by atoms with Crippen molar-refractivity contribution in [1.82, 2.24) is 19.0 Å². The smallest absolute Gasteiger partial charge is 0.257 e. The highest BCUT2D eigenvalue weighted by Gasteiger charge is 2.47. The predicted molar refractivity (Wildman–Crippen MR) is 179 cm³/mol. The third kappa shape index (κ3) is 4.17. The number of allylic oxidation sites excluding steroid dienone is 4. The Balaban J connectivity index is 1.13. The summed E-state index contributed by atoms with van der Waals surface area (Å²) < 4.78 is 10.4. The van der Waals surface area contributed by atoms with Crippen molar-refractivity contribution in [2.75, 3.05) is 13.7 Å². The van der Waals surface area contributed by atoms with Gasteiger partial charge in [-0.15, -0.1) is 0 Å². The zero-order valence-electron chi connectivity index (χ0n) is 26.0. The highest BCUT2D eigenvalue weighted by molar-refractivity contribution is 6.02. The molecule has 9 heteroatoms. The summed E-state index contributed by atoms with van der Waals surface area (Å²) in [7, 11) is 3.67. The van der Waals surface area contributed by atoms with Gasteiger partial charge in [0.15, 0.2) is 5.82 Å². The number of dihydropyridines is 1. The van der Waals surface area contributed by atoms with Crippen LogP contribution < -0.4 is 10.5 Å². The second-order valence-corrected chi connectivity index (χ2v) is 13.6. The lowest BCUT2D eigenvalue weighted by molar-refractivity contribution is -0.119. The summed E-state index contributed by atoms with van der Waals surface area (Å²) in [5.74, 6) is 2.09. The van der Waals surface area contributed by atoms with Crippen LogP contribution in [0.5, 0.6) is 5.75 Å². The van der Waals surface area contributed by atoms with E-state index in [0.717, 1.165) is 76.1 Å². The Morgan fingerprint density at radius 3 is 2.74 bits per heavy atom. The molecule has 4 aromatic rings. The minimum Gasteiger partial charge on any atom is -0.494 e. The zero-order valence-corrected chi connectivity index (χ0v) is 26.0. The van der Waals surface area contributed by atoms with Gasteiger partial charge in [0, 0.05) is 54.9 Å². The van der Waals surface area contributed by atoms with Gasteiger partial charge in [0.2, 0.25) is 0 Å². The Hall–Kier alpha value is -4.76. The van der Waals surface area contributed by atoms with E-state index in [2.05, 4.69) is 44.5 Å². The van der Waals surface area contributed by atoms with Crippen LogP contribution in [0, 0.1) is 17.8 Å². The fourth-order valence-corrected chi connectivity index (χ4v) is 8.10. The molecule has 3 fully saturated rings. The van der Waals surface area contributed by atoms with Crippen LogP contribution >= 0.6 is 0 Å². The molecule has 46 heavy (non-hydrogen) atoms. The zero-order chi connectivity index (χ0) is 31.3.